The molecule has 2 aromatic carbocycles. The van der Waals surface area contributed by atoms with Crippen LogP contribution in [0, 0.1) is 6.92 Å². The Hall–Kier alpha value is -2.34. The summed E-state index contributed by atoms with van der Waals surface area (Å²) >= 11 is 0. The van der Waals surface area contributed by atoms with Gasteiger partial charge in [0, 0.05) is 12.1 Å². The van der Waals surface area contributed by atoms with Gasteiger partial charge >= 0.3 is 0 Å². The van der Waals surface area contributed by atoms with E-state index in [9.17, 15) is 13.2 Å². The van der Waals surface area contributed by atoms with Gasteiger partial charge in [0.15, 0.2) is 0 Å². The first-order valence-electron chi connectivity index (χ1n) is 8.24. The van der Waals surface area contributed by atoms with Crippen molar-refractivity contribution in [3.8, 4) is 0 Å². The van der Waals surface area contributed by atoms with Crippen molar-refractivity contribution in [2.45, 2.75) is 20.3 Å². The molecule has 0 aliphatic heterocycles. The van der Waals surface area contributed by atoms with E-state index in [2.05, 4.69) is 5.32 Å². The summed E-state index contributed by atoms with van der Waals surface area (Å²) < 4.78 is 25.8. The Kier molecular flexibility index (Phi) is 6.20. The molecule has 0 radical (unpaired) electrons. The summed E-state index contributed by atoms with van der Waals surface area (Å²) in [6, 6.07) is 14.7. The molecule has 0 atom stereocenters. The quantitative estimate of drug-likeness (QED) is 0.826. The van der Waals surface area contributed by atoms with Crippen molar-refractivity contribution in [1.82, 2.24) is 5.32 Å². The van der Waals surface area contributed by atoms with Crippen LogP contribution in [0.4, 0.5) is 5.69 Å². The van der Waals surface area contributed by atoms with E-state index >= 15 is 0 Å². The SMILES string of the molecule is CCc1ccccc1N(CCNC(=O)c1ccccc1C)S(C)(=O)=O. The average molecular weight is 360 g/mol. The third-order valence-corrected chi connectivity index (χ3v) is 5.21. The van der Waals surface area contributed by atoms with Gasteiger partial charge in [-0.25, -0.2) is 8.42 Å². The van der Waals surface area contributed by atoms with Gasteiger partial charge in [-0.05, 0) is 36.6 Å². The Labute approximate surface area is 149 Å². The number of hydrogen-bond acceptors (Lipinski definition) is 3. The van der Waals surface area contributed by atoms with Crippen LogP contribution in [-0.4, -0.2) is 33.7 Å². The van der Waals surface area contributed by atoms with Crippen LogP contribution in [0.15, 0.2) is 48.5 Å². The van der Waals surface area contributed by atoms with Crippen LogP contribution in [0.5, 0.6) is 0 Å². The maximum Gasteiger partial charge on any atom is 0.251 e. The van der Waals surface area contributed by atoms with Gasteiger partial charge in [0.05, 0.1) is 18.5 Å². The average Bonchev–Trinajstić information content (AvgIpc) is 2.58. The second kappa shape index (κ2) is 8.16. The van der Waals surface area contributed by atoms with Crippen LogP contribution in [0.25, 0.3) is 0 Å². The number of carbonyl (C=O) groups excluding carboxylic acids is 1. The number of hydrogen-bond donors (Lipinski definition) is 1. The molecule has 0 saturated heterocycles. The van der Waals surface area contributed by atoms with Crippen LogP contribution in [0.3, 0.4) is 0 Å². The molecule has 0 fully saturated rings. The molecule has 2 aromatic rings. The van der Waals surface area contributed by atoms with E-state index in [1.165, 1.54) is 10.6 Å². The summed E-state index contributed by atoms with van der Waals surface area (Å²) in [5.74, 6) is -0.199. The lowest BCUT2D eigenvalue weighted by molar-refractivity contribution is 0.0954. The molecule has 0 aliphatic rings. The molecule has 134 valence electrons. The molecule has 0 aliphatic carbocycles. The van der Waals surface area contributed by atoms with Crippen molar-refractivity contribution in [2.24, 2.45) is 0 Å². The molecular weight excluding hydrogens is 336 g/mol. The highest BCUT2D eigenvalue weighted by atomic mass is 32.2. The van der Waals surface area contributed by atoms with Gasteiger partial charge in [-0.15, -0.1) is 0 Å². The Morgan fingerprint density at radius 1 is 1.08 bits per heavy atom. The maximum atomic E-state index is 12.3. The van der Waals surface area contributed by atoms with Gasteiger partial charge in [0.1, 0.15) is 0 Å². The van der Waals surface area contributed by atoms with Gasteiger partial charge < -0.3 is 5.32 Å². The standard InChI is InChI=1S/C19H24N2O3S/c1-4-16-10-6-8-12-18(16)21(25(3,23)24)14-13-20-19(22)17-11-7-5-9-15(17)2/h5-12H,4,13-14H2,1-3H3,(H,20,22). The number of aryl methyl sites for hydroxylation is 2. The van der Waals surface area contributed by atoms with E-state index in [1.54, 1.807) is 12.1 Å². The number of nitrogens with one attached hydrogen (secondary N) is 1. The molecule has 0 heterocycles. The summed E-state index contributed by atoms with van der Waals surface area (Å²) in [6.07, 6.45) is 1.92. The number of rotatable bonds is 7. The summed E-state index contributed by atoms with van der Waals surface area (Å²) in [7, 11) is -3.44. The fraction of sp³-hybridized carbons (Fsp3) is 0.316. The van der Waals surface area contributed by atoms with Crippen LogP contribution in [0.1, 0.15) is 28.4 Å². The van der Waals surface area contributed by atoms with Gasteiger partial charge in [-0.2, -0.15) is 0 Å². The summed E-state index contributed by atoms with van der Waals surface area (Å²) in [6.45, 7) is 4.28. The summed E-state index contributed by atoms with van der Waals surface area (Å²) in [5, 5.41) is 2.80. The van der Waals surface area contributed by atoms with Crippen molar-refractivity contribution in [3.05, 3.63) is 65.2 Å². The Morgan fingerprint density at radius 3 is 2.36 bits per heavy atom. The normalized spacial score (nSPS) is 11.2. The fourth-order valence-electron chi connectivity index (χ4n) is 2.71. The first-order valence-corrected chi connectivity index (χ1v) is 10.1. The Balaban J connectivity index is 2.12. The third kappa shape index (κ3) is 4.82. The number of sulfonamides is 1. The van der Waals surface area contributed by atoms with Crippen molar-refractivity contribution >= 4 is 21.6 Å². The molecule has 5 nitrogen and oxygen atoms in total. The van der Waals surface area contributed by atoms with Crippen molar-refractivity contribution < 1.29 is 13.2 Å². The lowest BCUT2D eigenvalue weighted by atomic mass is 10.1. The number of carbonyl (C=O) groups is 1. The zero-order chi connectivity index (χ0) is 18.4. The summed E-state index contributed by atoms with van der Waals surface area (Å²) in [4.78, 5) is 12.3. The molecule has 2 rings (SSSR count). The Bertz CT molecular complexity index is 847. The minimum absolute atomic E-state index is 0.188. The van der Waals surface area contributed by atoms with Crippen molar-refractivity contribution in [1.29, 1.82) is 0 Å². The fourth-order valence-corrected chi connectivity index (χ4v) is 3.67. The maximum absolute atomic E-state index is 12.3. The number of para-hydroxylation sites is 1. The van der Waals surface area contributed by atoms with Gasteiger partial charge in [0.25, 0.3) is 5.91 Å². The van der Waals surface area contributed by atoms with Gasteiger partial charge in [-0.1, -0.05) is 43.3 Å². The lowest BCUT2D eigenvalue weighted by Gasteiger charge is -2.25. The van der Waals surface area contributed by atoms with E-state index in [4.69, 9.17) is 0 Å². The molecule has 1 N–H and O–H groups in total. The van der Waals surface area contributed by atoms with Crippen LogP contribution in [-0.2, 0) is 16.4 Å². The van der Waals surface area contributed by atoms with E-state index in [-0.39, 0.29) is 19.0 Å². The second-order valence-corrected chi connectivity index (χ2v) is 7.80. The van der Waals surface area contributed by atoms with E-state index in [0.29, 0.717) is 11.3 Å². The van der Waals surface area contributed by atoms with Gasteiger partial charge in [0.2, 0.25) is 10.0 Å². The van der Waals surface area contributed by atoms with E-state index in [1.807, 2.05) is 50.2 Å². The van der Waals surface area contributed by atoms with Crippen LogP contribution < -0.4 is 9.62 Å². The van der Waals surface area contributed by atoms with Crippen LogP contribution >= 0.6 is 0 Å². The van der Waals surface area contributed by atoms with Gasteiger partial charge in [-0.3, -0.25) is 9.10 Å². The number of nitrogens with zero attached hydrogens (tertiary/aromatic N) is 1. The molecule has 0 spiro atoms. The van der Waals surface area contributed by atoms with Crippen molar-refractivity contribution in [2.75, 3.05) is 23.7 Å². The molecular formula is C19H24N2O3S. The highest BCUT2D eigenvalue weighted by Gasteiger charge is 2.19. The topological polar surface area (TPSA) is 66.5 Å². The van der Waals surface area contributed by atoms with Crippen LogP contribution in [0.2, 0.25) is 0 Å². The lowest BCUT2D eigenvalue weighted by Crippen LogP contribution is -2.38. The predicted molar refractivity (Wildman–Crippen MR) is 102 cm³/mol. The third-order valence-electron chi connectivity index (χ3n) is 4.03. The smallest absolute Gasteiger partial charge is 0.251 e. The number of benzene rings is 2. The van der Waals surface area contributed by atoms with E-state index in [0.717, 1.165) is 17.5 Å². The second-order valence-electron chi connectivity index (χ2n) is 5.89. The molecule has 6 heteroatoms. The zero-order valence-electron chi connectivity index (χ0n) is 14.8. The molecule has 0 unspecified atom stereocenters. The minimum Gasteiger partial charge on any atom is -0.350 e. The largest absolute Gasteiger partial charge is 0.350 e. The number of anilines is 1. The summed E-state index contributed by atoms with van der Waals surface area (Å²) in [5.41, 5.74) is 3.11. The first kappa shape index (κ1) is 19.0. The highest BCUT2D eigenvalue weighted by molar-refractivity contribution is 7.92. The number of amides is 1. The molecule has 0 bridgehead atoms. The monoisotopic (exact) mass is 360 g/mol. The molecule has 0 saturated carbocycles. The van der Waals surface area contributed by atoms with E-state index < -0.39 is 10.0 Å². The van der Waals surface area contributed by atoms with Crippen molar-refractivity contribution in [3.63, 3.8) is 0 Å². The Morgan fingerprint density at radius 2 is 1.72 bits per heavy atom. The zero-order valence-corrected chi connectivity index (χ0v) is 15.6. The minimum atomic E-state index is -3.44. The predicted octanol–water partition coefficient (Wildman–Crippen LogP) is 2.75. The first-order chi connectivity index (χ1) is 11.8. The molecule has 25 heavy (non-hydrogen) atoms. The highest BCUT2D eigenvalue weighted by Crippen LogP contribution is 2.23. The molecule has 1 amide bonds. The molecule has 0 aromatic heterocycles.